The van der Waals surface area contributed by atoms with E-state index >= 15 is 0 Å². The highest BCUT2D eigenvalue weighted by Crippen LogP contribution is 2.33. The van der Waals surface area contributed by atoms with Crippen LogP contribution in [0.2, 0.25) is 0 Å². The lowest BCUT2D eigenvalue weighted by atomic mass is 10.1. The Bertz CT molecular complexity index is 486. The third kappa shape index (κ3) is 13.4. The molecular weight excluding hydrogens is 409 g/mol. The average Bonchev–Trinajstić information content (AvgIpc) is 2.37. The first-order valence-corrected chi connectivity index (χ1v) is 8.59. The molecule has 0 aliphatic carbocycles. The third-order valence-corrected chi connectivity index (χ3v) is 3.55. The maximum Gasteiger partial charge on any atom is 0.485 e. The SMILES string of the molecule is CCCCCCN(C)C(CC(F)(F)F)C(F)(F)F.O=S(=O)([O-])C(F)(F)F. The fraction of sp³-hybridized carbons (Fsp3) is 1.00. The fourth-order valence-electron chi connectivity index (χ4n) is 1.68. The standard InChI is InChI=1S/C11H19F6N.CHF3O3S/c1-3-4-5-6-7-18(2)9(11(15,16)17)8-10(12,13)14;2-1(3,4)8(5,6)7/h9H,3-8H2,1-2H3;(H,5,6,7)/p-1. The fourth-order valence-corrected chi connectivity index (χ4v) is 1.68. The summed E-state index contributed by atoms with van der Waals surface area (Å²) < 4.78 is 133. The lowest BCUT2D eigenvalue weighted by Crippen LogP contribution is -2.46. The lowest BCUT2D eigenvalue weighted by Gasteiger charge is -2.30. The zero-order chi connectivity index (χ0) is 21.4. The van der Waals surface area contributed by atoms with E-state index in [4.69, 9.17) is 13.0 Å². The van der Waals surface area contributed by atoms with E-state index in [9.17, 15) is 39.5 Å². The minimum absolute atomic E-state index is 0.0280. The van der Waals surface area contributed by atoms with Crippen LogP contribution in [0, 0.1) is 0 Å². The van der Waals surface area contributed by atoms with Crippen molar-refractivity contribution >= 4 is 10.1 Å². The van der Waals surface area contributed by atoms with Gasteiger partial charge in [0.2, 0.25) is 0 Å². The van der Waals surface area contributed by atoms with Gasteiger partial charge >= 0.3 is 17.9 Å². The highest BCUT2D eigenvalue weighted by molar-refractivity contribution is 7.86. The summed E-state index contributed by atoms with van der Waals surface area (Å²) in [5.74, 6) is 0. The largest absolute Gasteiger partial charge is 0.741 e. The Labute approximate surface area is 145 Å². The van der Waals surface area contributed by atoms with Crippen LogP contribution in [0.3, 0.4) is 0 Å². The number of unbranched alkanes of at least 4 members (excludes halogenated alkanes) is 3. The molecule has 0 aromatic rings. The normalized spacial score (nSPS) is 14.8. The van der Waals surface area contributed by atoms with Crippen molar-refractivity contribution in [3.8, 4) is 0 Å². The molecule has 0 rings (SSSR count). The van der Waals surface area contributed by atoms with E-state index in [1.807, 2.05) is 6.92 Å². The lowest BCUT2D eigenvalue weighted by molar-refractivity contribution is -0.222. The van der Waals surface area contributed by atoms with Gasteiger partial charge in [-0.15, -0.1) is 0 Å². The van der Waals surface area contributed by atoms with Crippen molar-refractivity contribution in [2.75, 3.05) is 13.6 Å². The van der Waals surface area contributed by atoms with Crippen molar-refractivity contribution in [2.45, 2.75) is 62.9 Å². The zero-order valence-corrected chi connectivity index (χ0v) is 14.6. The van der Waals surface area contributed by atoms with E-state index in [1.165, 1.54) is 0 Å². The monoisotopic (exact) mass is 428 g/mol. The molecule has 0 fully saturated rings. The molecule has 1 unspecified atom stereocenters. The second kappa shape index (κ2) is 10.5. The Kier molecular flexibility index (Phi) is 11.1. The van der Waals surface area contributed by atoms with Crippen molar-refractivity contribution in [3.63, 3.8) is 0 Å². The van der Waals surface area contributed by atoms with Gasteiger partial charge in [-0.25, -0.2) is 8.42 Å². The molecule has 14 heteroatoms. The van der Waals surface area contributed by atoms with Crippen LogP contribution in [-0.4, -0.2) is 55.4 Å². The molecule has 0 spiro atoms. The van der Waals surface area contributed by atoms with Crippen molar-refractivity contribution in [2.24, 2.45) is 0 Å². The summed E-state index contributed by atoms with van der Waals surface area (Å²) in [4.78, 5) is 0.753. The van der Waals surface area contributed by atoms with Gasteiger partial charge in [0.25, 0.3) is 0 Å². The second-order valence-corrected chi connectivity index (χ2v) is 6.69. The van der Waals surface area contributed by atoms with Crippen molar-refractivity contribution in [1.29, 1.82) is 0 Å². The molecule has 0 amide bonds. The Hall–Kier alpha value is -0.760. The number of rotatable bonds is 7. The van der Waals surface area contributed by atoms with E-state index in [1.54, 1.807) is 0 Å². The zero-order valence-electron chi connectivity index (χ0n) is 13.8. The molecule has 0 aromatic heterocycles. The first kappa shape index (κ1) is 27.5. The van der Waals surface area contributed by atoms with E-state index in [0.29, 0.717) is 6.42 Å². The Morgan fingerprint density at radius 2 is 1.35 bits per heavy atom. The van der Waals surface area contributed by atoms with Gasteiger partial charge < -0.3 is 4.55 Å². The molecular formula is C12H19F9NO3S-. The van der Waals surface area contributed by atoms with Crippen molar-refractivity contribution < 1.29 is 52.5 Å². The van der Waals surface area contributed by atoms with Gasteiger partial charge in [0.05, 0.1) is 6.42 Å². The van der Waals surface area contributed by atoms with E-state index < -0.39 is 40.4 Å². The number of alkyl halides is 9. The van der Waals surface area contributed by atoms with Crippen LogP contribution in [0.4, 0.5) is 39.5 Å². The van der Waals surface area contributed by atoms with E-state index in [-0.39, 0.29) is 6.54 Å². The first-order valence-electron chi connectivity index (χ1n) is 7.18. The summed E-state index contributed by atoms with van der Waals surface area (Å²) >= 11 is 0. The summed E-state index contributed by atoms with van der Waals surface area (Å²) in [6.45, 7) is 1.98. The van der Waals surface area contributed by atoms with Crippen LogP contribution in [0.15, 0.2) is 0 Å². The molecule has 0 N–H and O–H groups in total. The van der Waals surface area contributed by atoms with Gasteiger partial charge in [0, 0.05) is 0 Å². The van der Waals surface area contributed by atoms with Crippen LogP contribution in [-0.2, 0) is 10.1 Å². The van der Waals surface area contributed by atoms with Crippen LogP contribution >= 0.6 is 0 Å². The molecule has 1 atom stereocenters. The molecule has 0 saturated carbocycles. The summed E-state index contributed by atoms with van der Waals surface area (Å²) in [6, 6.07) is -2.45. The van der Waals surface area contributed by atoms with E-state index in [0.717, 1.165) is 31.2 Å². The molecule has 26 heavy (non-hydrogen) atoms. The third-order valence-electron chi connectivity index (χ3n) is 2.98. The van der Waals surface area contributed by atoms with Gasteiger partial charge in [-0.1, -0.05) is 26.2 Å². The van der Waals surface area contributed by atoms with Crippen LogP contribution < -0.4 is 0 Å². The van der Waals surface area contributed by atoms with Gasteiger partial charge in [-0.2, -0.15) is 39.5 Å². The summed E-state index contributed by atoms with van der Waals surface area (Å²) in [5, 5.41) is 0. The second-order valence-electron chi connectivity index (χ2n) is 5.32. The molecule has 0 aliphatic rings. The molecule has 0 heterocycles. The molecule has 160 valence electrons. The number of nitrogens with zero attached hydrogens (tertiary/aromatic N) is 1. The van der Waals surface area contributed by atoms with Gasteiger partial charge in [0.15, 0.2) is 10.1 Å². The maximum absolute atomic E-state index is 12.5. The number of hydrogen-bond acceptors (Lipinski definition) is 4. The first-order chi connectivity index (χ1) is 11.3. The summed E-state index contributed by atoms with van der Waals surface area (Å²) in [7, 11) is -5.00. The Morgan fingerprint density at radius 1 is 0.923 bits per heavy atom. The number of halogens is 9. The van der Waals surface area contributed by atoms with Crippen LogP contribution in [0.5, 0.6) is 0 Å². The smallest absolute Gasteiger partial charge is 0.485 e. The highest BCUT2D eigenvalue weighted by atomic mass is 32.2. The van der Waals surface area contributed by atoms with Crippen LogP contribution in [0.25, 0.3) is 0 Å². The minimum atomic E-state index is -6.09. The van der Waals surface area contributed by atoms with Gasteiger partial charge in [-0.05, 0) is 20.0 Å². The quantitative estimate of drug-likeness (QED) is 0.261. The van der Waals surface area contributed by atoms with E-state index in [2.05, 4.69) is 0 Å². The Balaban J connectivity index is 0. The molecule has 0 radical (unpaired) electrons. The molecule has 4 nitrogen and oxygen atoms in total. The van der Waals surface area contributed by atoms with Crippen molar-refractivity contribution in [1.82, 2.24) is 4.90 Å². The summed E-state index contributed by atoms with van der Waals surface area (Å²) in [5.41, 5.74) is -5.65. The van der Waals surface area contributed by atoms with Gasteiger partial charge in [-0.3, -0.25) is 4.90 Å². The molecule has 0 aliphatic heterocycles. The Morgan fingerprint density at radius 3 is 1.62 bits per heavy atom. The topological polar surface area (TPSA) is 60.4 Å². The molecule has 0 bridgehead atoms. The molecule has 0 aromatic carbocycles. The average molecular weight is 428 g/mol. The maximum atomic E-state index is 12.5. The van der Waals surface area contributed by atoms with Crippen molar-refractivity contribution in [3.05, 3.63) is 0 Å². The predicted molar refractivity (Wildman–Crippen MR) is 73.0 cm³/mol. The number of hydrogen-bond donors (Lipinski definition) is 0. The molecule has 0 saturated heterocycles. The predicted octanol–water partition coefficient (Wildman–Crippen LogP) is 4.43. The summed E-state index contributed by atoms with van der Waals surface area (Å²) in [6.07, 6.45) is -8.49. The van der Waals surface area contributed by atoms with Gasteiger partial charge in [0.1, 0.15) is 6.04 Å². The highest BCUT2D eigenvalue weighted by Gasteiger charge is 2.48. The minimum Gasteiger partial charge on any atom is -0.741 e. The van der Waals surface area contributed by atoms with Crippen LogP contribution in [0.1, 0.15) is 39.0 Å².